The molecule has 21 heavy (non-hydrogen) atoms. The highest BCUT2D eigenvalue weighted by atomic mass is 35.5. The fourth-order valence-corrected chi connectivity index (χ4v) is 2.53. The summed E-state index contributed by atoms with van der Waals surface area (Å²) in [5.74, 6) is 0. The van der Waals surface area contributed by atoms with Gasteiger partial charge in [0.05, 0.1) is 0 Å². The Hall–Kier alpha value is -2.20. The first-order valence-electron chi connectivity index (χ1n) is 6.76. The first kappa shape index (κ1) is 13.8. The molecular formula is C16H16ClN3O. The summed E-state index contributed by atoms with van der Waals surface area (Å²) < 4.78 is 1.56. The maximum Gasteiger partial charge on any atom is 0.273 e. The summed E-state index contributed by atoms with van der Waals surface area (Å²) in [6.45, 7) is 1.38. The van der Waals surface area contributed by atoms with E-state index in [-0.39, 0.29) is 5.56 Å². The summed E-state index contributed by atoms with van der Waals surface area (Å²) in [7, 11) is 1.74. The first-order valence-corrected chi connectivity index (χ1v) is 7.14. The van der Waals surface area contributed by atoms with Gasteiger partial charge in [-0.3, -0.25) is 4.79 Å². The van der Waals surface area contributed by atoms with Gasteiger partial charge in [-0.2, -0.15) is 0 Å². The van der Waals surface area contributed by atoms with Gasteiger partial charge in [-0.05, 0) is 41.5 Å². The van der Waals surface area contributed by atoms with Crippen molar-refractivity contribution in [2.45, 2.75) is 0 Å². The van der Waals surface area contributed by atoms with Crippen LogP contribution in [0.15, 0.2) is 46.9 Å². The van der Waals surface area contributed by atoms with Gasteiger partial charge in [0, 0.05) is 37.0 Å². The lowest BCUT2D eigenvalue weighted by Gasteiger charge is -2.19. The van der Waals surface area contributed by atoms with E-state index in [1.54, 1.807) is 23.9 Å². The van der Waals surface area contributed by atoms with E-state index >= 15 is 0 Å². The van der Waals surface area contributed by atoms with Crippen molar-refractivity contribution in [1.29, 1.82) is 0 Å². The van der Waals surface area contributed by atoms with Crippen molar-refractivity contribution in [3.63, 3.8) is 0 Å². The zero-order chi connectivity index (χ0) is 14.8. The number of nitrogens with one attached hydrogen (secondary N) is 2. The number of pyridine rings is 1. The minimum atomic E-state index is -0.0229. The highest BCUT2D eigenvalue weighted by Crippen LogP contribution is 2.26. The summed E-state index contributed by atoms with van der Waals surface area (Å²) >= 11 is 6.02. The molecule has 1 aliphatic rings. The Morgan fingerprint density at radius 2 is 2.24 bits per heavy atom. The lowest BCUT2D eigenvalue weighted by molar-refractivity contribution is 0.860. The maximum atomic E-state index is 11.9. The second-order valence-corrected chi connectivity index (χ2v) is 5.52. The number of aryl methyl sites for hydroxylation is 1. The Bertz CT molecular complexity index is 764. The summed E-state index contributed by atoms with van der Waals surface area (Å²) in [5, 5.41) is 7.27. The molecule has 2 N–H and O–H groups in total. The molecule has 0 spiro atoms. The lowest BCUT2D eigenvalue weighted by atomic mass is 10.0. The van der Waals surface area contributed by atoms with E-state index in [0.29, 0.717) is 12.2 Å². The second-order valence-electron chi connectivity index (χ2n) is 5.08. The molecule has 0 saturated heterocycles. The van der Waals surface area contributed by atoms with Crippen LogP contribution in [0.1, 0.15) is 5.56 Å². The van der Waals surface area contributed by atoms with E-state index in [1.807, 2.05) is 24.3 Å². The number of nitrogens with zero attached hydrogens (tertiary/aromatic N) is 1. The average Bonchev–Trinajstić information content (AvgIpc) is 2.48. The molecule has 0 unspecified atom stereocenters. The smallest absolute Gasteiger partial charge is 0.273 e. The minimum Gasteiger partial charge on any atom is -0.381 e. The molecule has 2 aromatic rings. The van der Waals surface area contributed by atoms with Crippen molar-refractivity contribution in [2.75, 3.05) is 23.7 Å². The number of halogens is 1. The number of rotatable bonds is 3. The van der Waals surface area contributed by atoms with Crippen LogP contribution in [0, 0.1) is 0 Å². The summed E-state index contributed by atoms with van der Waals surface area (Å²) in [5.41, 5.74) is 3.92. The fourth-order valence-electron chi connectivity index (χ4n) is 2.35. The molecule has 4 nitrogen and oxygen atoms in total. The van der Waals surface area contributed by atoms with Gasteiger partial charge in [0.15, 0.2) is 0 Å². The maximum absolute atomic E-state index is 11.9. The van der Waals surface area contributed by atoms with Crippen LogP contribution < -0.4 is 16.2 Å². The Morgan fingerprint density at radius 1 is 1.38 bits per heavy atom. The third-order valence-electron chi connectivity index (χ3n) is 3.51. The molecule has 0 radical (unpaired) electrons. The molecule has 0 atom stereocenters. The second kappa shape index (κ2) is 5.66. The predicted molar refractivity (Wildman–Crippen MR) is 88.1 cm³/mol. The molecular weight excluding hydrogens is 286 g/mol. The average molecular weight is 302 g/mol. The van der Waals surface area contributed by atoms with Crippen molar-refractivity contribution < 1.29 is 0 Å². The molecule has 3 rings (SSSR count). The van der Waals surface area contributed by atoms with Crippen LogP contribution in [0.25, 0.3) is 6.08 Å². The molecule has 2 heterocycles. The van der Waals surface area contributed by atoms with Crippen LogP contribution in [0.4, 0.5) is 11.4 Å². The van der Waals surface area contributed by atoms with Crippen LogP contribution in [0.5, 0.6) is 0 Å². The zero-order valence-electron chi connectivity index (χ0n) is 11.7. The number of fused-ring (bicyclic) bond motifs is 1. The van der Waals surface area contributed by atoms with E-state index < -0.39 is 0 Å². The number of hydrogen-bond donors (Lipinski definition) is 2. The van der Waals surface area contributed by atoms with E-state index in [1.165, 1.54) is 5.57 Å². The van der Waals surface area contributed by atoms with Crippen molar-refractivity contribution >= 4 is 29.1 Å². The number of benzene rings is 1. The van der Waals surface area contributed by atoms with Gasteiger partial charge < -0.3 is 15.2 Å². The van der Waals surface area contributed by atoms with E-state index in [2.05, 4.69) is 16.7 Å². The van der Waals surface area contributed by atoms with Crippen LogP contribution >= 0.6 is 11.6 Å². The third-order valence-corrected chi connectivity index (χ3v) is 3.74. The van der Waals surface area contributed by atoms with E-state index in [9.17, 15) is 4.79 Å². The van der Waals surface area contributed by atoms with Crippen LogP contribution in [0.3, 0.4) is 0 Å². The standard InChI is InChI=1S/C16H16ClN3O/c1-20-6-2-3-15(16(20)21)19-10-11-7-12-8-13(17)4-5-14(12)18-9-11/h2-8,18-19H,9-10H2,1H3. The van der Waals surface area contributed by atoms with Gasteiger partial charge in [0.2, 0.25) is 0 Å². The Balaban J connectivity index is 1.77. The third kappa shape index (κ3) is 2.95. The van der Waals surface area contributed by atoms with Crippen molar-refractivity contribution in [2.24, 2.45) is 7.05 Å². The first-order chi connectivity index (χ1) is 10.1. The summed E-state index contributed by atoms with van der Waals surface area (Å²) in [4.78, 5) is 11.9. The van der Waals surface area contributed by atoms with Crippen molar-refractivity contribution in [1.82, 2.24) is 4.57 Å². The lowest BCUT2D eigenvalue weighted by Crippen LogP contribution is -2.23. The van der Waals surface area contributed by atoms with Crippen LogP contribution in [-0.2, 0) is 7.05 Å². The highest BCUT2D eigenvalue weighted by molar-refractivity contribution is 6.30. The highest BCUT2D eigenvalue weighted by Gasteiger charge is 2.10. The monoisotopic (exact) mass is 301 g/mol. The van der Waals surface area contributed by atoms with Crippen molar-refractivity contribution in [3.05, 3.63) is 63.0 Å². The molecule has 0 amide bonds. The largest absolute Gasteiger partial charge is 0.381 e. The molecule has 0 fully saturated rings. The Morgan fingerprint density at radius 3 is 3.10 bits per heavy atom. The van der Waals surface area contributed by atoms with Crippen molar-refractivity contribution in [3.8, 4) is 0 Å². The molecule has 1 aromatic carbocycles. The van der Waals surface area contributed by atoms with E-state index in [0.717, 1.165) is 22.8 Å². The van der Waals surface area contributed by atoms with Gasteiger partial charge >= 0.3 is 0 Å². The zero-order valence-corrected chi connectivity index (χ0v) is 12.4. The Labute approximate surface area is 128 Å². The molecule has 0 saturated carbocycles. The normalized spacial score (nSPS) is 13.1. The topological polar surface area (TPSA) is 46.1 Å². The molecule has 0 bridgehead atoms. The van der Waals surface area contributed by atoms with Crippen LogP contribution in [0.2, 0.25) is 5.02 Å². The summed E-state index contributed by atoms with van der Waals surface area (Å²) in [6.07, 6.45) is 3.85. The number of hydrogen-bond acceptors (Lipinski definition) is 3. The molecule has 1 aromatic heterocycles. The van der Waals surface area contributed by atoms with Gasteiger partial charge in [0.1, 0.15) is 5.69 Å². The molecule has 1 aliphatic heterocycles. The fraction of sp³-hybridized carbons (Fsp3) is 0.188. The van der Waals surface area contributed by atoms with Gasteiger partial charge in [-0.25, -0.2) is 0 Å². The quantitative estimate of drug-likeness (QED) is 0.916. The molecule has 0 aliphatic carbocycles. The predicted octanol–water partition coefficient (Wildman–Crippen LogP) is 2.96. The van der Waals surface area contributed by atoms with Gasteiger partial charge in [-0.15, -0.1) is 0 Å². The van der Waals surface area contributed by atoms with Gasteiger partial charge in [-0.1, -0.05) is 17.7 Å². The Kier molecular flexibility index (Phi) is 3.71. The van der Waals surface area contributed by atoms with E-state index in [4.69, 9.17) is 11.6 Å². The number of anilines is 2. The molecule has 108 valence electrons. The van der Waals surface area contributed by atoms with Crippen LogP contribution in [-0.4, -0.2) is 17.7 Å². The minimum absolute atomic E-state index is 0.0229. The molecule has 5 heteroatoms. The SMILES string of the molecule is Cn1cccc(NCC2=Cc3cc(Cl)ccc3NC2)c1=O. The summed E-state index contributed by atoms with van der Waals surface area (Å²) in [6, 6.07) is 9.43. The number of aromatic nitrogens is 1. The van der Waals surface area contributed by atoms with Gasteiger partial charge in [0.25, 0.3) is 5.56 Å².